The van der Waals surface area contributed by atoms with Crippen molar-refractivity contribution in [1.29, 1.82) is 0 Å². The average molecular weight is 137 g/mol. The third kappa shape index (κ3) is 2.36. The Kier molecular flexibility index (Phi) is 3.23. The summed E-state index contributed by atoms with van der Waals surface area (Å²) in [4.78, 5) is 0. The van der Waals surface area contributed by atoms with E-state index in [1.54, 1.807) is 0 Å². The van der Waals surface area contributed by atoms with E-state index in [4.69, 9.17) is 4.74 Å². The first-order valence-corrected chi connectivity index (χ1v) is 3.71. The first-order valence-electron chi connectivity index (χ1n) is 3.71. The van der Waals surface area contributed by atoms with Crippen LogP contribution in [-0.2, 0) is 4.74 Å². The van der Waals surface area contributed by atoms with Crippen LogP contribution in [0.3, 0.4) is 0 Å². The van der Waals surface area contributed by atoms with Gasteiger partial charge in [0.25, 0.3) is 0 Å². The summed E-state index contributed by atoms with van der Waals surface area (Å²) in [5, 5.41) is 0. The van der Waals surface area contributed by atoms with Crippen LogP contribution in [0.1, 0.15) is 19.3 Å². The molecule has 1 atom stereocenters. The van der Waals surface area contributed by atoms with Crippen LogP contribution in [0.5, 0.6) is 0 Å². The zero-order valence-corrected chi connectivity index (χ0v) is 6.18. The molecule has 1 unspecified atom stereocenters. The minimum Gasteiger partial charge on any atom is -0.369 e. The van der Waals surface area contributed by atoms with Gasteiger partial charge in [-0.3, -0.25) is 0 Å². The van der Waals surface area contributed by atoms with Gasteiger partial charge in [0.15, 0.2) is 0 Å². The lowest BCUT2D eigenvalue weighted by Crippen LogP contribution is -2.12. The van der Waals surface area contributed by atoms with Crippen LogP contribution in [0.2, 0.25) is 0 Å². The summed E-state index contributed by atoms with van der Waals surface area (Å²) in [5.74, 6) is 0. The van der Waals surface area contributed by atoms with Crippen molar-refractivity contribution < 1.29 is 4.74 Å². The van der Waals surface area contributed by atoms with E-state index in [0.29, 0.717) is 12.7 Å². The second-order valence-corrected chi connectivity index (χ2v) is 2.46. The van der Waals surface area contributed by atoms with E-state index in [1.807, 2.05) is 0 Å². The molecule has 1 radical (unpaired) electrons. The fraction of sp³-hybridized carbons (Fsp3) is 0.556. The Hall–Kier alpha value is -0.560. The lowest BCUT2D eigenvalue weighted by atomic mass is 10.1. The molecule has 0 aromatic heterocycles. The summed E-state index contributed by atoms with van der Waals surface area (Å²) >= 11 is 0. The summed E-state index contributed by atoms with van der Waals surface area (Å²) in [7, 11) is 0. The van der Waals surface area contributed by atoms with Gasteiger partial charge in [-0.05, 0) is 25.3 Å². The normalized spacial score (nSPS) is 24.6. The molecule has 0 amide bonds. The summed E-state index contributed by atoms with van der Waals surface area (Å²) < 4.78 is 5.37. The Morgan fingerprint density at radius 3 is 3.20 bits per heavy atom. The topological polar surface area (TPSA) is 9.23 Å². The maximum atomic E-state index is 5.37. The number of ether oxygens (including phenoxy) is 1. The van der Waals surface area contributed by atoms with E-state index in [-0.39, 0.29) is 0 Å². The van der Waals surface area contributed by atoms with Gasteiger partial charge in [0, 0.05) is 0 Å². The first-order chi connectivity index (χ1) is 4.93. The standard InChI is InChI=1S/C9H13O/c1-2-8-10-9-6-4-3-5-7-9/h4,6,9H,1,3,5,7-8H2. The van der Waals surface area contributed by atoms with Crippen molar-refractivity contribution in [3.8, 4) is 0 Å². The summed E-state index contributed by atoms with van der Waals surface area (Å²) in [6.07, 6.45) is 10.9. The van der Waals surface area contributed by atoms with Crippen molar-refractivity contribution in [2.24, 2.45) is 0 Å². The molecule has 0 aromatic carbocycles. The zero-order valence-electron chi connectivity index (χ0n) is 6.18. The lowest BCUT2D eigenvalue weighted by molar-refractivity contribution is 0.0951. The molecule has 0 N–H and O–H groups in total. The Morgan fingerprint density at radius 1 is 1.70 bits per heavy atom. The molecule has 0 aromatic rings. The van der Waals surface area contributed by atoms with E-state index in [2.05, 4.69) is 24.8 Å². The van der Waals surface area contributed by atoms with Crippen LogP contribution < -0.4 is 0 Å². The van der Waals surface area contributed by atoms with E-state index in [9.17, 15) is 0 Å². The highest BCUT2D eigenvalue weighted by atomic mass is 16.5. The third-order valence-corrected chi connectivity index (χ3v) is 1.61. The average Bonchev–Trinajstić information content (AvgIpc) is 2.03. The Bertz CT molecular complexity index is 127. The minimum absolute atomic E-state index is 0.322. The van der Waals surface area contributed by atoms with Crippen molar-refractivity contribution in [1.82, 2.24) is 0 Å². The highest BCUT2D eigenvalue weighted by Crippen LogP contribution is 2.12. The molecule has 55 valence electrons. The molecule has 0 saturated carbocycles. The van der Waals surface area contributed by atoms with Crippen LogP contribution in [-0.4, -0.2) is 12.7 Å². The monoisotopic (exact) mass is 137 g/mol. The molecule has 0 spiro atoms. The smallest absolute Gasteiger partial charge is 0.0760 e. The van der Waals surface area contributed by atoms with Crippen LogP contribution in [0.25, 0.3) is 0 Å². The van der Waals surface area contributed by atoms with Gasteiger partial charge < -0.3 is 4.74 Å². The Morgan fingerprint density at radius 2 is 2.60 bits per heavy atom. The van der Waals surface area contributed by atoms with Crippen molar-refractivity contribution in [2.45, 2.75) is 25.4 Å². The molecule has 1 aliphatic rings. The predicted octanol–water partition coefficient (Wildman–Crippen LogP) is 2.10. The quantitative estimate of drug-likeness (QED) is 0.541. The van der Waals surface area contributed by atoms with Gasteiger partial charge in [0.2, 0.25) is 0 Å². The van der Waals surface area contributed by atoms with Gasteiger partial charge in [-0.2, -0.15) is 0 Å². The van der Waals surface area contributed by atoms with E-state index in [0.717, 1.165) is 6.42 Å². The zero-order chi connectivity index (χ0) is 7.23. The van der Waals surface area contributed by atoms with E-state index >= 15 is 0 Å². The molecule has 1 heteroatoms. The summed E-state index contributed by atoms with van der Waals surface area (Å²) in [5.41, 5.74) is 0. The fourth-order valence-electron chi connectivity index (χ4n) is 1.09. The van der Waals surface area contributed by atoms with Crippen LogP contribution in [0.4, 0.5) is 0 Å². The maximum Gasteiger partial charge on any atom is 0.0760 e. The van der Waals surface area contributed by atoms with Gasteiger partial charge >= 0.3 is 0 Å². The molecular weight excluding hydrogens is 124 g/mol. The molecule has 0 heterocycles. The van der Waals surface area contributed by atoms with Gasteiger partial charge in [0.05, 0.1) is 12.7 Å². The highest BCUT2D eigenvalue weighted by molar-refractivity contribution is 4.94. The molecule has 0 aliphatic heterocycles. The van der Waals surface area contributed by atoms with Gasteiger partial charge in [-0.25, -0.2) is 0 Å². The molecule has 1 nitrogen and oxygen atoms in total. The number of hydrogen-bond acceptors (Lipinski definition) is 1. The van der Waals surface area contributed by atoms with Crippen molar-refractivity contribution in [3.05, 3.63) is 24.8 Å². The maximum absolute atomic E-state index is 5.37. The van der Waals surface area contributed by atoms with Gasteiger partial charge in [-0.1, -0.05) is 18.7 Å². The second-order valence-electron chi connectivity index (χ2n) is 2.46. The third-order valence-electron chi connectivity index (χ3n) is 1.61. The van der Waals surface area contributed by atoms with E-state index < -0.39 is 0 Å². The van der Waals surface area contributed by atoms with Crippen LogP contribution in [0.15, 0.2) is 18.7 Å². The number of rotatable bonds is 3. The largest absolute Gasteiger partial charge is 0.369 e. The Labute approximate surface area is 62.4 Å². The van der Waals surface area contributed by atoms with Gasteiger partial charge in [-0.15, -0.1) is 0 Å². The van der Waals surface area contributed by atoms with E-state index in [1.165, 1.54) is 12.8 Å². The molecule has 1 aliphatic carbocycles. The second kappa shape index (κ2) is 4.29. The molecule has 10 heavy (non-hydrogen) atoms. The van der Waals surface area contributed by atoms with Crippen LogP contribution in [0, 0.1) is 6.08 Å². The molecule has 1 rings (SSSR count). The number of hydrogen-bond donors (Lipinski definition) is 0. The Balaban J connectivity index is 2.19. The molecule has 0 saturated heterocycles. The lowest BCUT2D eigenvalue weighted by Gasteiger charge is -2.15. The van der Waals surface area contributed by atoms with Crippen molar-refractivity contribution in [2.75, 3.05) is 6.61 Å². The fourth-order valence-corrected chi connectivity index (χ4v) is 1.09. The summed E-state index contributed by atoms with van der Waals surface area (Å²) in [6, 6.07) is 0. The highest BCUT2D eigenvalue weighted by Gasteiger charge is 2.06. The summed E-state index contributed by atoms with van der Waals surface area (Å²) in [6.45, 7) is 4.02. The predicted molar refractivity (Wildman–Crippen MR) is 41.6 cm³/mol. The van der Waals surface area contributed by atoms with Crippen molar-refractivity contribution >= 4 is 0 Å². The SMILES string of the molecule is C=[C]COC1C=CCCC1. The van der Waals surface area contributed by atoms with Crippen LogP contribution >= 0.6 is 0 Å². The van der Waals surface area contributed by atoms with Crippen molar-refractivity contribution in [3.63, 3.8) is 0 Å². The molecule has 0 bridgehead atoms. The molecular formula is C9H13O. The minimum atomic E-state index is 0.322. The number of allylic oxidation sites excluding steroid dienone is 1. The first kappa shape index (κ1) is 7.55. The molecule has 0 fully saturated rings. The van der Waals surface area contributed by atoms with Gasteiger partial charge in [0.1, 0.15) is 0 Å².